The summed E-state index contributed by atoms with van der Waals surface area (Å²) in [6.45, 7) is 0.505. The summed E-state index contributed by atoms with van der Waals surface area (Å²) in [5.74, 6) is -0.826. The van der Waals surface area contributed by atoms with Crippen molar-refractivity contribution in [2.45, 2.75) is 19.5 Å². The van der Waals surface area contributed by atoms with Gasteiger partial charge in [0.15, 0.2) is 0 Å². The van der Waals surface area contributed by atoms with Crippen molar-refractivity contribution >= 4 is 23.3 Å². The van der Waals surface area contributed by atoms with Crippen molar-refractivity contribution in [3.05, 3.63) is 54.2 Å². The van der Waals surface area contributed by atoms with Crippen molar-refractivity contribution in [1.29, 1.82) is 0 Å². The highest BCUT2D eigenvalue weighted by Crippen LogP contribution is 2.38. The number of pyridine rings is 1. The molecule has 1 aromatic heterocycles. The molecule has 0 saturated heterocycles. The number of hydrogen-bond acceptors (Lipinski definition) is 3. The van der Waals surface area contributed by atoms with E-state index in [0.717, 1.165) is 6.42 Å². The van der Waals surface area contributed by atoms with Crippen LogP contribution in [0.3, 0.4) is 0 Å². The minimum absolute atomic E-state index is 0.0338. The van der Waals surface area contributed by atoms with Gasteiger partial charge in [-0.05, 0) is 42.7 Å². The molecule has 0 aliphatic heterocycles. The number of carbonyl (C=O) groups excluding carboxylic acids is 2. The Hall–Kier alpha value is -2.90. The van der Waals surface area contributed by atoms with E-state index < -0.39 is 18.6 Å². The van der Waals surface area contributed by atoms with Gasteiger partial charge in [-0.1, -0.05) is 19.1 Å². The molecule has 0 spiro atoms. The first-order valence-electron chi connectivity index (χ1n) is 8.45. The van der Waals surface area contributed by atoms with Crippen LogP contribution in [0.5, 0.6) is 0 Å². The molecule has 1 heterocycles. The van der Waals surface area contributed by atoms with Crippen LogP contribution in [0.25, 0.3) is 0 Å². The molecule has 2 aromatic rings. The fourth-order valence-corrected chi connectivity index (χ4v) is 2.76. The van der Waals surface area contributed by atoms with Crippen LogP contribution >= 0.6 is 0 Å². The molecule has 1 fully saturated rings. The highest BCUT2D eigenvalue weighted by molar-refractivity contribution is 6.06. The molecule has 0 unspecified atom stereocenters. The largest absolute Gasteiger partial charge is 0.406 e. The Labute approximate surface area is 154 Å². The number of nitrogens with zero attached hydrogens (tertiary/aromatic N) is 2. The van der Waals surface area contributed by atoms with E-state index in [1.165, 1.54) is 36.5 Å². The van der Waals surface area contributed by atoms with Gasteiger partial charge in [0, 0.05) is 23.4 Å². The van der Waals surface area contributed by atoms with Gasteiger partial charge in [-0.15, -0.1) is 0 Å². The van der Waals surface area contributed by atoms with E-state index in [2.05, 4.69) is 10.3 Å². The molecule has 1 saturated carbocycles. The number of amides is 2. The van der Waals surface area contributed by atoms with Crippen LogP contribution in [0.2, 0.25) is 0 Å². The van der Waals surface area contributed by atoms with Gasteiger partial charge in [0.2, 0.25) is 5.91 Å². The lowest BCUT2D eigenvalue weighted by molar-refractivity contribution is -0.119. The average molecular weight is 377 g/mol. The quantitative estimate of drug-likeness (QED) is 0.860. The Bertz CT molecular complexity index is 840. The molecule has 5 nitrogen and oxygen atoms in total. The predicted molar refractivity (Wildman–Crippen MR) is 94.3 cm³/mol. The molecule has 3 rings (SSSR count). The lowest BCUT2D eigenvalue weighted by Gasteiger charge is -2.23. The van der Waals surface area contributed by atoms with Crippen molar-refractivity contribution in [1.82, 2.24) is 4.98 Å². The number of halogens is 3. The van der Waals surface area contributed by atoms with Crippen molar-refractivity contribution in [3.63, 3.8) is 0 Å². The predicted octanol–water partition coefficient (Wildman–Crippen LogP) is 3.89. The number of benzene rings is 1. The van der Waals surface area contributed by atoms with Gasteiger partial charge in [-0.3, -0.25) is 14.5 Å². The molecule has 142 valence electrons. The topological polar surface area (TPSA) is 62.3 Å². The third kappa shape index (κ3) is 4.84. The first kappa shape index (κ1) is 18.9. The maximum atomic E-state index is 13.0. The summed E-state index contributed by atoms with van der Waals surface area (Å²) in [4.78, 5) is 29.2. The van der Waals surface area contributed by atoms with Crippen LogP contribution in [0.4, 0.5) is 24.7 Å². The van der Waals surface area contributed by atoms with Crippen LogP contribution in [0, 0.1) is 11.8 Å². The van der Waals surface area contributed by atoms with Crippen LogP contribution < -0.4 is 10.2 Å². The number of nitrogens with one attached hydrogen (secondary N) is 1. The van der Waals surface area contributed by atoms with E-state index in [1.807, 2.05) is 6.92 Å². The van der Waals surface area contributed by atoms with Crippen LogP contribution in [-0.2, 0) is 4.79 Å². The molecule has 1 N–H and O–H groups in total. The number of hydrogen-bond donors (Lipinski definition) is 1. The minimum Gasteiger partial charge on any atom is -0.326 e. The van der Waals surface area contributed by atoms with Gasteiger partial charge in [-0.2, -0.15) is 13.2 Å². The number of alkyl halides is 3. The Morgan fingerprint density at radius 1 is 1.22 bits per heavy atom. The van der Waals surface area contributed by atoms with E-state index in [9.17, 15) is 22.8 Å². The fourth-order valence-electron chi connectivity index (χ4n) is 2.76. The highest BCUT2D eigenvalue weighted by atomic mass is 19.4. The van der Waals surface area contributed by atoms with E-state index >= 15 is 0 Å². The maximum Gasteiger partial charge on any atom is 0.406 e. The summed E-state index contributed by atoms with van der Waals surface area (Å²) in [6, 6.07) is 10.3. The van der Waals surface area contributed by atoms with Gasteiger partial charge in [0.1, 0.15) is 12.4 Å². The molecule has 0 bridgehead atoms. The summed E-state index contributed by atoms with van der Waals surface area (Å²) in [5, 5.41) is 2.71. The smallest absolute Gasteiger partial charge is 0.326 e. The number of carbonyl (C=O) groups is 2. The summed E-state index contributed by atoms with van der Waals surface area (Å²) in [6.07, 6.45) is -2.45. The zero-order chi connectivity index (χ0) is 19.6. The second-order valence-corrected chi connectivity index (χ2v) is 6.58. The lowest BCUT2D eigenvalue weighted by Crippen LogP contribution is -2.39. The Morgan fingerprint density at radius 2 is 1.96 bits per heavy atom. The molecule has 1 aliphatic rings. The van der Waals surface area contributed by atoms with Gasteiger partial charge < -0.3 is 5.32 Å². The molecule has 2 atom stereocenters. The summed E-state index contributed by atoms with van der Waals surface area (Å²) in [7, 11) is 0. The number of anilines is 2. The van der Waals surface area contributed by atoms with Gasteiger partial charge >= 0.3 is 6.18 Å². The maximum absolute atomic E-state index is 13.0. The standard InChI is InChI=1S/C19H18F3N3O2/c1-12-9-15(12)17(26)24-14-6-4-5-13(10-14)18(27)25(11-19(20,21)22)16-7-2-3-8-23-16/h2-8,10,12,15H,9,11H2,1H3,(H,24,26)/t12-,15-/m1/s1. The highest BCUT2D eigenvalue weighted by Gasteiger charge is 2.39. The van der Waals surface area contributed by atoms with E-state index in [0.29, 0.717) is 16.5 Å². The second kappa shape index (κ2) is 7.38. The molecular formula is C19H18F3N3O2. The van der Waals surface area contributed by atoms with Crippen molar-refractivity contribution < 1.29 is 22.8 Å². The average Bonchev–Trinajstić information content (AvgIpc) is 3.36. The van der Waals surface area contributed by atoms with Crippen molar-refractivity contribution in [2.24, 2.45) is 11.8 Å². The number of aromatic nitrogens is 1. The SMILES string of the molecule is C[C@@H]1C[C@H]1C(=O)Nc1cccc(C(=O)N(CC(F)(F)F)c2ccccn2)c1. The summed E-state index contributed by atoms with van der Waals surface area (Å²) >= 11 is 0. The van der Waals surface area contributed by atoms with Gasteiger partial charge in [-0.25, -0.2) is 4.98 Å². The third-order valence-electron chi connectivity index (χ3n) is 4.33. The molecule has 1 aromatic carbocycles. The fraction of sp³-hybridized carbons (Fsp3) is 0.316. The normalized spacial score (nSPS) is 18.7. The molecule has 1 aliphatic carbocycles. The van der Waals surface area contributed by atoms with Crippen LogP contribution in [-0.4, -0.2) is 29.5 Å². The molecular weight excluding hydrogens is 359 g/mol. The Kier molecular flexibility index (Phi) is 5.16. The minimum atomic E-state index is -4.58. The Balaban J connectivity index is 1.83. The van der Waals surface area contributed by atoms with Crippen LogP contribution in [0.15, 0.2) is 48.7 Å². The molecule has 2 amide bonds. The first-order valence-corrected chi connectivity index (χ1v) is 8.45. The van der Waals surface area contributed by atoms with E-state index in [4.69, 9.17) is 0 Å². The third-order valence-corrected chi connectivity index (χ3v) is 4.33. The Morgan fingerprint density at radius 3 is 2.56 bits per heavy atom. The van der Waals surface area contributed by atoms with Crippen molar-refractivity contribution in [2.75, 3.05) is 16.8 Å². The number of rotatable bonds is 5. The van der Waals surface area contributed by atoms with Gasteiger partial charge in [0.05, 0.1) is 0 Å². The summed E-state index contributed by atoms with van der Waals surface area (Å²) in [5.41, 5.74) is 0.407. The molecule has 8 heteroatoms. The van der Waals surface area contributed by atoms with Crippen LogP contribution in [0.1, 0.15) is 23.7 Å². The molecule has 27 heavy (non-hydrogen) atoms. The zero-order valence-electron chi connectivity index (χ0n) is 14.5. The van der Waals surface area contributed by atoms with Crippen molar-refractivity contribution in [3.8, 4) is 0 Å². The van der Waals surface area contributed by atoms with E-state index in [1.54, 1.807) is 12.1 Å². The summed E-state index contributed by atoms with van der Waals surface area (Å²) < 4.78 is 38.9. The molecule has 0 radical (unpaired) electrons. The van der Waals surface area contributed by atoms with E-state index in [-0.39, 0.29) is 23.2 Å². The first-order chi connectivity index (χ1) is 12.7. The lowest BCUT2D eigenvalue weighted by atomic mass is 10.1. The van der Waals surface area contributed by atoms with Gasteiger partial charge in [0.25, 0.3) is 5.91 Å². The monoisotopic (exact) mass is 377 g/mol. The second-order valence-electron chi connectivity index (χ2n) is 6.58. The zero-order valence-corrected chi connectivity index (χ0v) is 14.5.